The van der Waals surface area contributed by atoms with E-state index in [0.29, 0.717) is 34.7 Å². The second-order valence-corrected chi connectivity index (χ2v) is 6.79. The van der Waals surface area contributed by atoms with Crippen LogP contribution in [-0.2, 0) is 9.53 Å². The number of aromatic nitrogens is 1. The summed E-state index contributed by atoms with van der Waals surface area (Å²) in [5, 5.41) is 2.46. The van der Waals surface area contributed by atoms with Gasteiger partial charge >= 0.3 is 5.97 Å². The molecule has 0 bridgehead atoms. The molecule has 1 amide bonds. The van der Waals surface area contributed by atoms with Gasteiger partial charge in [-0.3, -0.25) is 19.2 Å². The van der Waals surface area contributed by atoms with E-state index >= 15 is 0 Å². The van der Waals surface area contributed by atoms with Crippen molar-refractivity contribution < 1.29 is 28.7 Å². The number of esters is 1. The molecule has 8 heteroatoms. The van der Waals surface area contributed by atoms with Gasteiger partial charge in [-0.1, -0.05) is 12.1 Å². The summed E-state index contributed by atoms with van der Waals surface area (Å²) in [7, 11) is 0. The first-order valence-electron chi connectivity index (χ1n) is 9.61. The minimum absolute atomic E-state index is 0.153. The van der Waals surface area contributed by atoms with Crippen LogP contribution >= 0.6 is 0 Å². The van der Waals surface area contributed by atoms with Crippen LogP contribution in [0.3, 0.4) is 0 Å². The Morgan fingerprint density at radius 1 is 1.13 bits per heavy atom. The van der Waals surface area contributed by atoms with E-state index < -0.39 is 30.3 Å². The van der Waals surface area contributed by atoms with Gasteiger partial charge in [0.05, 0.1) is 17.9 Å². The zero-order chi connectivity index (χ0) is 22.4. The highest BCUT2D eigenvalue weighted by molar-refractivity contribution is 6.05. The lowest BCUT2D eigenvalue weighted by atomic mass is 10.0. The zero-order valence-electron chi connectivity index (χ0n) is 17.8. The summed E-state index contributed by atoms with van der Waals surface area (Å²) in [6.45, 7) is 8.03. The molecule has 0 aliphatic carbocycles. The number of amides is 1. The number of nitrogens with one attached hydrogen (secondary N) is 2. The van der Waals surface area contributed by atoms with Gasteiger partial charge in [0.25, 0.3) is 5.91 Å². The molecule has 1 aromatic heterocycles. The summed E-state index contributed by atoms with van der Waals surface area (Å²) in [5.41, 5.74) is 2.09. The first-order valence-corrected chi connectivity index (χ1v) is 9.61. The molecule has 2 aromatic rings. The number of carbonyl (C=O) groups excluding carboxylic acids is 4. The Kier molecular flexibility index (Phi) is 7.52. The molecule has 30 heavy (non-hydrogen) atoms. The van der Waals surface area contributed by atoms with Crippen molar-refractivity contribution in [1.29, 1.82) is 0 Å². The molecule has 1 atom stereocenters. The van der Waals surface area contributed by atoms with Crippen LogP contribution in [0, 0.1) is 13.8 Å². The Morgan fingerprint density at radius 3 is 2.40 bits per heavy atom. The van der Waals surface area contributed by atoms with Crippen molar-refractivity contribution in [2.45, 2.75) is 40.7 Å². The number of rotatable bonds is 9. The number of para-hydroxylation sites is 1. The van der Waals surface area contributed by atoms with Gasteiger partial charge in [0.2, 0.25) is 5.78 Å². The van der Waals surface area contributed by atoms with Crippen LogP contribution in [0.15, 0.2) is 24.3 Å². The third-order valence-corrected chi connectivity index (χ3v) is 4.54. The van der Waals surface area contributed by atoms with E-state index in [0.717, 1.165) is 0 Å². The third-order valence-electron chi connectivity index (χ3n) is 4.54. The Labute approximate surface area is 175 Å². The highest BCUT2D eigenvalue weighted by Gasteiger charge is 2.26. The predicted octanol–water partition coefficient (Wildman–Crippen LogP) is 2.78. The number of Topliss-reactive ketones (excluding diaryl/α,β-unsaturated/α-hetero) is 2. The maximum Gasteiger partial charge on any atom is 0.326 e. The Morgan fingerprint density at radius 2 is 1.80 bits per heavy atom. The summed E-state index contributed by atoms with van der Waals surface area (Å²) >= 11 is 0. The van der Waals surface area contributed by atoms with Crippen LogP contribution in [-0.4, -0.2) is 47.7 Å². The van der Waals surface area contributed by atoms with E-state index in [1.807, 2.05) is 0 Å². The number of ether oxygens (including phenoxy) is 2. The van der Waals surface area contributed by atoms with Crippen molar-refractivity contribution in [3.8, 4) is 5.75 Å². The largest absolute Gasteiger partial charge is 0.493 e. The second kappa shape index (κ2) is 9.87. The quantitative estimate of drug-likeness (QED) is 0.482. The summed E-state index contributed by atoms with van der Waals surface area (Å²) in [6.07, 6.45) is -1.08. The van der Waals surface area contributed by atoms with Crippen LogP contribution in [0.2, 0.25) is 0 Å². The third kappa shape index (κ3) is 5.14. The fourth-order valence-electron chi connectivity index (χ4n) is 3.20. The molecule has 0 unspecified atom stereocenters. The molecule has 160 valence electrons. The van der Waals surface area contributed by atoms with E-state index in [2.05, 4.69) is 10.3 Å². The monoisotopic (exact) mass is 414 g/mol. The number of H-pyrrole nitrogens is 1. The van der Waals surface area contributed by atoms with Gasteiger partial charge in [0, 0.05) is 11.3 Å². The number of carbonyl (C=O) groups is 4. The smallest absolute Gasteiger partial charge is 0.326 e. The Hall–Kier alpha value is -3.42. The van der Waals surface area contributed by atoms with E-state index in [1.165, 1.54) is 13.8 Å². The van der Waals surface area contributed by atoms with Crippen LogP contribution < -0.4 is 10.1 Å². The fourth-order valence-corrected chi connectivity index (χ4v) is 3.20. The van der Waals surface area contributed by atoms with E-state index in [1.54, 1.807) is 45.0 Å². The number of aryl methyl sites for hydroxylation is 1. The highest BCUT2D eigenvalue weighted by atomic mass is 16.5. The van der Waals surface area contributed by atoms with Crippen LogP contribution in [0.1, 0.15) is 63.2 Å². The molecule has 8 nitrogen and oxygen atoms in total. The summed E-state index contributed by atoms with van der Waals surface area (Å²) in [5.74, 6) is -1.44. The first kappa shape index (κ1) is 22.9. The molecule has 2 rings (SSSR count). The van der Waals surface area contributed by atoms with Gasteiger partial charge in [0.15, 0.2) is 11.9 Å². The lowest BCUT2D eigenvalue weighted by Gasteiger charge is -2.13. The van der Waals surface area contributed by atoms with Gasteiger partial charge in [0.1, 0.15) is 12.3 Å². The van der Waals surface area contributed by atoms with E-state index in [-0.39, 0.29) is 11.5 Å². The molecule has 0 spiro atoms. The highest BCUT2D eigenvalue weighted by Crippen LogP contribution is 2.20. The lowest BCUT2D eigenvalue weighted by Crippen LogP contribution is -2.34. The van der Waals surface area contributed by atoms with Crippen molar-refractivity contribution in [1.82, 2.24) is 10.3 Å². The maximum absolute atomic E-state index is 12.6. The zero-order valence-corrected chi connectivity index (χ0v) is 17.8. The molecule has 1 heterocycles. The molecule has 1 aromatic carbocycles. The van der Waals surface area contributed by atoms with Gasteiger partial charge in [-0.15, -0.1) is 0 Å². The Balaban J connectivity index is 1.98. The molecule has 0 aliphatic heterocycles. The average Bonchev–Trinajstić information content (AvgIpc) is 3.00. The topological polar surface area (TPSA) is 115 Å². The number of hydrogen-bond donors (Lipinski definition) is 2. The van der Waals surface area contributed by atoms with Crippen LogP contribution in [0.5, 0.6) is 5.75 Å². The van der Waals surface area contributed by atoms with Gasteiger partial charge < -0.3 is 19.8 Å². The minimum Gasteiger partial charge on any atom is -0.493 e. The molecule has 0 saturated carbocycles. The standard InChI is InChI=1S/C22H26N2O6/c1-6-29-17-10-8-7-9-16(17)22(28)23-11-18(26)30-15(5)21(27)20-12(2)19(14(4)25)13(3)24-20/h7-10,15,24H,6,11H2,1-5H3,(H,23,28)/t15-/m0/s1. The molecule has 0 aliphatic rings. The molecule has 0 fully saturated rings. The number of hydrogen-bond acceptors (Lipinski definition) is 6. The predicted molar refractivity (Wildman–Crippen MR) is 110 cm³/mol. The van der Waals surface area contributed by atoms with Gasteiger partial charge in [-0.2, -0.15) is 0 Å². The van der Waals surface area contributed by atoms with Crippen LogP contribution in [0.25, 0.3) is 0 Å². The average molecular weight is 414 g/mol. The van der Waals surface area contributed by atoms with E-state index in [4.69, 9.17) is 9.47 Å². The number of ketones is 2. The maximum atomic E-state index is 12.6. The molecular formula is C22H26N2O6. The molecule has 0 radical (unpaired) electrons. The SMILES string of the molecule is CCOc1ccccc1C(=O)NCC(=O)O[C@@H](C)C(=O)c1[nH]c(C)c(C(C)=O)c1C. The van der Waals surface area contributed by atoms with E-state index in [9.17, 15) is 19.2 Å². The van der Waals surface area contributed by atoms with Crippen molar-refractivity contribution in [2.24, 2.45) is 0 Å². The molecular weight excluding hydrogens is 388 g/mol. The van der Waals surface area contributed by atoms with Gasteiger partial charge in [-0.25, -0.2) is 0 Å². The Bertz CT molecular complexity index is 976. The number of benzene rings is 1. The van der Waals surface area contributed by atoms with Gasteiger partial charge in [-0.05, 0) is 52.3 Å². The molecule has 2 N–H and O–H groups in total. The lowest BCUT2D eigenvalue weighted by molar-refractivity contribution is -0.145. The summed E-state index contributed by atoms with van der Waals surface area (Å²) < 4.78 is 10.6. The number of aromatic amines is 1. The molecule has 0 saturated heterocycles. The fraction of sp³-hybridized carbons (Fsp3) is 0.364. The minimum atomic E-state index is -1.08. The first-order chi connectivity index (χ1) is 14.2. The second-order valence-electron chi connectivity index (χ2n) is 6.79. The van der Waals surface area contributed by atoms with Crippen LogP contribution in [0.4, 0.5) is 0 Å². The van der Waals surface area contributed by atoms with Crippen molar-refractivity contribution >= 4 is 23.4 Å². The summed E-state index contributed by atoms with van der Waals surface area (Å²) in [6, 6.07) is 6.67. The van der Waals surface area contributed by atoms with Crippen molar-refractivity contribution in [2.75, 3.05) is 13.2 Å². The summed E-state index contributed by atoms with van der Waals surface area (Å²) in [4.78, 5) is 51.7. The van der Waals surface area contributed by atoms with Crippen molar-refractivity contribution in [3.05, 3.63) is 52.3 Å². The normalized spacial score (nSPS) is 11.5. The van der Waals surface area contributed by atoms with Crippen molar-refractivity contribution in [3.63, 3.8) is 0 Å².